The zero-order valence-corrected chi connectivity index (χ0v) is 15.0. The summed E-state index contributed by atoms with van der Waals surface area (Å²) in [7, 11) is 0. The highest BCUT2D eigenvalue weighted by Crippen LogP contribution is 2.17. The Kier molecular flexibility index (Phi) is 9.86. The molecular weight excluding hydrogens is 280 g/mol. The van der Waals surface area contributed by atoms with Crippen molar-refractivity contribution in [3.63, 3.8) is 0 Å². The van der Waals surface area contributed by atoms with E-state index in [2.05, 4.69) is 39.0 Å². The van der Waals surface area contributed by atoms with Crippen molar-refractivity contribution < 1.29 is 5.11 Å². The molecule has 0 atom stereocenters. The number of benzene rings is 2. The second kappa shape index (κ2) is 11.8. The van der Waals surface area contributed by atoms with Crippen molar-refractivity contribution in [3.05, 3.63) is 65.2 Å². The van der Waals surface area contributed by atoms with Gasteiger partial charge >= 0.3 is 0 Å². The zero-order valence-electron chi connectivity index (χ0n) is 15.0. The fourth-order valence-corrected chi connectivity index (χ4v) is 2.75. The van der Waals surface area contributed by atoms with E-state index in [1.807, 2.05) is 6.07 Å². The minimum Gasteiger partial charge on any atom is -0.508 e. The third kappa shape index (κ3) is 8.44. The molecule has 0 fully saturated rings. The number of hydrogen-bond donors (Lipinski definition) is 1. The molecule has 0 aliphatic heterocycles. The van der Waals surface area contributed by atoms with E-state index in [9.17, 15) is 0 Å². The molecule has 0 bridgehead atoms. The first-order valence-electron chi connectivity index (χ1n) is 8.94. The van der Waals surface area contributed by atoms with Crippen LogP contribution >= 0.6 is 0 Å². The molecule has 0 aliphatic rings. The fourth-order valence-electron chi connectivity index (χ4n) is 2.75. The maximum absolute atomic E-state index is 8.63. The number of phenols is 1. The number of aryl methyl sites for hydroxylation is 2. The van der Waals surface area contributed by atoms with Crippen LogP contribution < -0.4 is 0 Å². The Labute approximate surface area is 142 Å². The highest BCUT2D eigenvalue weighted by atomic mass is 16.3. The molecule has 1 heteroatoms. The molecule has 0 amide bonds. The van der Waals surface area contributed by atoms with Gasteiger partial charge in [-0.1, -0.05) is 75.4 Å². The van der Waals surface area contributed by atoms with E-state index in [1.54, 1.807) is 29.8 Å². The molecule has 0 spiro atoms. The zero-order chi connectivity index (χ0) is 16.9. The van der Waals surface area contributed by atoms with Gasteiger partial charge in [0.15, 0.2) is 0 Å². The molecular formula is C22H32O. The minimum atomic E-state index is 0.322. The van der Waals surface area contributed by atoms with E-state index in [-0.39, 0.29) is 0 Å². The summed E-state index contributed by atoms with van der Waals surface area (Å²) < 4.78 is 0. The maximum atomic E-state index is 8.63. The Balaban J connectivity index is 0.000000313. The minimum absolute atomic E-state index is 0.322. The lowest BCUT2D eigenvalue weighted by molar-refractivity contribution is 0.475. The standard InChI is InChI=1S/C16H26.C6H6O/c1-4-5-6-7-8-9-13-16-14(2)11-10-12-15(16)3;7-6-4-2-1-3-5-6/h10-12H,4-9,13H2,1-3H3;1-5,7H. The van der Waals surface area contributed by atoms with Gasteiger partial charge in [-0.2, -0.15) is 0 Å². The van der Waals surface area contributed by atoms with Gasteiger partial charge in [0, 0.05) is 0 Å². The van der Waals surface area contributed by atoms with Crippen LogP contribution in [0.5, 0.6) is 5.75 Å². The number of unbranched alkanes of at least 4 members (excludes halogenated alkanes) is 5. The molecule has 0 saturated carbocycles. The highest BCUT2D eigenvalue weighted by molar-refractivity contribution is 5.33. The van der Waals surface area contributed by atoms with Gasteiger partial charge in [0.2, 0.25) is 0 Å². The predicted octanol–water partition coefficient (Wildman–Crippen LogP) is 6.60. The molecule has 0 unspecified atom stereocenters. The van der Waals surface area contributed by atoms with Crippen molar-refractivity contribution in [1.29, 1.82) is 0 Å². The van der Waals surface area contributed by atoms with Crippen molar-refractivity contribution in [2.24, 2.45) is 0 Å². The first-order valence-corrected chi connectivity index (χ1v) is 8.94. The highest BCUT2D eigenvalue weighted by Gasteiger charge is 2.01. The van der Waals surface area contributed by atoms with Crippen LogP contribution in [0, 0.1) is 13.8 Å². The summed E-state index contributed by atoms with van der Waals surface area (Å²) in [5.74, 6) is 0.322. The molecule has 2 aromatic carbocycles. The number of aromatic hydroxyl groups is 1. The SMILES string of the molecule is CCCCCCCCc1c(C)cccc1C.Oc1ccccc1. The van der Waals surface area contributed by atoms with Crippen molar-refractivity contribution in [3.8, 4) is 5.75 Å². The van der Waals surface area contributed by atoms with Crippen LogP contribution in [0.4, 0.5) is 0 Å². The van der Waals surface area contributed by atoms with Crippen LogP contribution in [0.1, 0.15) is 62.1 Å². The van der Waals surface area contributed by atoms with E-state index in [1.165, 1.54) is 56.1 Å². The van der Waals surface area contributed by atoms with Crippen LogP contribution in [0.3, 0.4) is 0 Å². The summed E-state index contributed by atoms with van der Waals surface area (Å²) in [6.45, 7) is 6.75. The third-order valence-corrected chi connectivity index (χ3v) is 4.18. The average Bonchev–Trinajstić information content (AvgIpc) is 2.54. The lowest BCUT2D eigenvalue weighted by Crippen LogP contribution is -1.93. The predicted molar refractivity (Wildman–Crippen MR) is 101 cm³/mol. The monoisotopic (exact) mass is 312 g/mol. The van der Waals surface area contributed by atoms with E-state index in [0.29, 0.717) is 5.75 Å². The summed E-state index contributed by atoms with van der Waals surface area (Å²) in [5.41, 5.74) is 4.51. The molecule has 2 aromatic rings. The molecule has 0 saturated heterocycles. The van der Waals surface area contributed by atoms with Gasteiger partial charge in [0.25, 0.3) is 0 Å². The van der Waals surface area contributed by atoms with Gasteiger partial charge in [-0.25, -0.2) is 0 Å². The van der Waals surface area contributed by atoms with Gasteiger partial charge in [0.1, 0.15) is 5.75 Å². The second-order valence-electron chi connectivity index (χ2n) is 6.22. The van der Waals surface area contributed by atoms with Crippen LogP contribution in [0.25, 0.3) is 0 Å². The largest absolute Gasteiger partial charge is 0.508 e. The molecule has 2 rings (SSSR count). The second-order valence-corrected chi connectivity index (χ2v) is 6.22. The van der Waals surface area contributed by atoms with E-state index in [0.717, 1.165) is 0 Å². The van der Waals surface area contributed by atoms with Gasteiger partial charge in [-0.05, 0) is 55.5 Å². The van der Waals surface area contributed by atoms with E-state index in [4.69, 9.17) is 5.11 Å². The van der Waals surface area contributed by atoms with Gasteiger partial charge < -0.3 is 5.11 Å². The van der Waals surface area contributed by atoms with Gasteiger partial charge in [-0.3, -0.25) is 0 Å². The smallest absolute Gasteiger partial charge is 0.115 e. The molecule has 1 N–H and O–H groups in total. The Morgan fingerprint density at radius 2 is 1.26 bits per heavy atom. The quantitative estimate of drug-likeness (QED) is 0.571. The summed E-state index contributed by atoms with van der Waals surface area (Å²) in [6, 6.07) is 15.3. The molecule has 0 heterocycles. The Hall–Kier alpha value is -1.76. The van der Waals surface area contributed by atoms with Crippen molar-refractivity contribution in [2.75, 3.05) is 0 Å². The lowest BCUT2D eigenvalue weighted by Gasteiger charge is -2.09. The van der Waals surface area contributed by atoms with Crippen molar-refractivity contribution in [1.82, 2.24) is 0 Å². The topological polar surface area (TPSA) is 20.2 Å². The normalized spacial score (nSPS) is 10.0. The maximum Gasteiger partial charge on any atom is 0.115 e. The van der Waals surface area contributed by atoms with Crippen LogP contribution in [-0.4, -0.2) is 5.11 Å². The Morgan fingerprint density at radius 3 is 1.78 bits per heavy atom. The van der Waals surface area contributed by atoms with E-state index < -0.39 is 0 Å². The summed E-state index contributed by atoms with van der Waals surface area (Å²) in [5, 5.41) is 8.63. The van der Waals surface area contributed by atoms with Crippen LogP contribution in [-0.2, 0) is 6.42 Å². The molecule has 0 aliphatic carbocycles. The molecule has 0 radical (unpaired) electrons. The number of phenolic OH excluding ortho intramolecular Hbond substituents is 1. The molecule has 0 aromatic heterocycles. The summed E-state index contributed by atoms with van der Waals surface area (Å²) in [4.78, 5) is 0. The number of hydrogen-bond acceptors (Lipinski definition) is 1. The molecule has 1 nitrogen and oxygen atoms in total. The third-order valence-electron chi connectivity index (χ3n) is 4.18. The molecule has 23 heavy (non-hydrogen) atoms. The first-order chi connectivity index (χ1) is 11.1. The van der Waals surface area contributed by atoms with Crippen LogP contribution in [0.15, 0.2) is 48.5 Å². The Bertz CT molecular complexity index is 511. The van der Waals surface area contributed by atoms with Gasteiger partial charge in [-0.15, -0.1) is 0 Å². The van der Waals surface area contributed by atoms with Gasteiger partial charge in [0.05, 0.1) is 0 Å². The van der Waals surface area contributed by atoms with Crippen molar-refractivity contribution >= 4 is 0 Å². The molecule has 126 valence electrons. The summed E-state index contributed by atoms with van der Waals surface area (Å²) in [6.07, 6.45) is 9.61. The van der Waals surface area contributed by atoms with E-state index >= 15 is 0 Å². The first kappa shape index (κ1) is 19.3. The van der Waals surface area contributed by atoms with Crippen LogP contribution in [0.2, 0.25) is 0 Å². The lowest BCUT2D eigenvalue weighted by atomic mass is 9.97. The average molecular weight is 312 g/mol. The summed E-state index contributed by atoms with van der Waals surface area (Å²) >= 11 is 0. The fraction of sp³-hybridized carbons (Fsp3) is 0.455. The number of para-hydroxylation sites is 1. The van der Waals surface area contributed by atoms with Crippen molar-refractivity contribution in [2.45, 2.75) is 65.7 Å². The Morgan fingerprint density at radius 1 is 0.696 bits per heavy atom. The number of rotatable bonds is 7.